The first kappa shape index (κ1) is 9.87. The molecule has 0 bridgehead atoms. The van der Waals surface area contributed by atoms with E-state index in [0.717, 1.165) is 11.5 Å². The number of nitrogens with zero attached hydrogens (tertiary/aromatic N) is 2. The van der Waals surface area contributed by atoms with Crippen LogP contribution in [0.2, 0.25) is 0 Å². The van der Waals surface area contributed by atoms with Gasteiger partial charge in [-0.3, -0.25) is 5.32 Å². The van der Waals surface area contributed by atoms with E-state index in [1.807, 2.05) is 0 Å². The van der Waals surface area contributed by atoms with Crippen LogP contribution in [0.5, 0.6) is 0 Å². The van der Waals surface area contributed by atoms with Crippen molar-refractivity contribution >= 4 is 22.7 Å². The summed E-state index contributed by atoms with van der Waals surface area (Å²) >= 11 is 1.12. The summed E-state index contributed by atoms with van der Waals surface area (Å²) in [6, 6.07) is -0.305. The molecule has 1 heterocycles. The zero-order chi connectivity index (χ0) is 9.68. The Morgan fingerprint density at radius 1 is 1.69 bits per heavy atom. The number of rotatable bonds is 3. The molecule has 6 nitrogen and oxygen atoms in total. The Kier molecular flexibility index (Phi) is 3.59. The highest BCUT2D eigenvalue weighted by Crippen LogP contribution is 2.10. The van der Waals surface area contributed by atoms with Gasteiger partial charge in [0.1, 0.15) is 6.61 Å². The van der Waals surface area contributed by atoms with Crippen LogP contribution in [0.4, 0.5) is 9.93 Å². The molecule has 0 aromatic carbocycles. The molecule has 1 aromatic rings. The van der Waals surface area contributed by atoms with Gasteiger partial charge >= 0.3 is 6.03 Å². The molecule has 1 rings (SSSR count). The van der Waals surface area contributed by atoms with Crippen molar-refractivity contribution in [2.75, 3.05) is 19.5 Å². The molecule has 0 atom stereocenters. The normalized spacial score (nSPS) is 9.69. The van der Waals surface area contributed by atoms with E-state index in [1.54, 1.807) is 7.11 Å². The Morgan fingerprint density at radius 2 is 2.46 bits per heavy atom. The fraction of sp³-hybridized carbons (Fsp3) is 0.500. The first-order valence-electron chi connectivity index (χ1n) is 3.56. The molecule has 72 valence electrons. The predicted molar refractivity (Wildman–Crippen MR) is 48.7 cm³/mol. The molecule has 0 spiro atoms. The number of anilines is 1. The van der Waals surface area contributed by atoms with Gasteiger partial charge in [0, 0.05) is 25.7 Å². The topological polar surface area (TPSA) is 76.1 Å². The van der Waals surface area contributed by atoms with E-state index in [2.05, 4.69) is 20.0 Å². The van der Waals surface area contributed by atoms with E-state index in [1.165, 1.54) is 7.05 Å². The number of urea groups is 1. The van der Waals surface area contributed by atoms with E-state index < -0.39 is 0 Å². The second-order valence-corrected chi connectivity index (χ2v) is 2.90. The maximum Gasteiger partial charge on any atom is 0.320 e. The quantitative estimate of drug-likeness (QED) is 0.745. The minimum atomic E-state index is -0.305. The number of hydrogen-bond acceptors (Lipinski definition) is 5. The summed E-state index contributed by atoms with van der Waals surface area (Å²) in [5.74, 6) is 0.568. The zero-order valence-corrected chi connectivity index (χ0v) is 8.14. The summed E-state index contributed by atoms with van der Waals surface area (Å²) in [4.78, 5) is 14.8. The second-order valence-electron chi connectivity index (χ2n) is 2.15. The van der Waals surface area contributed by atoms with Crippen LogP contribution in [-0.2, 0) is 11.3 Å². The summed E-state index contributed by atoms with van der Waals surface area (Å²) in [6.07, 6.45) is 0. The van der Waals surface area contributed by atoms with Gasteiger partial charge in [-0.2, -0.15) is 4.37 Å². The third-order valence-electron chi connectivity index (χ3n) is 1.19. The highest BCUT2D eigenvalue weighted by Gasteiger charge is 2.05. The standard InChI is InChI=1S/C6H10N4O2S/c1-7-5(11)9-6-8-4(3-12-2)10-13-6/h3H2,1-2H3,(H2,7,8,9,10,11). The molecular formula is C6H10N4O2S. The third kappa shape index (κ3) is 2.96. The Bertz CT molecular complexity index is 288. The molecule has 2 amide bonds. The number of carbonyl (C=O) groups is 1. The van der Waals surface area contributed by atoms with Crippen LogP contribution in [0.1, 0.15) is 5.82 Å². The smallest absolute Gasteiger partial charge is 0.320 e. The van der Waals surface area contributed by atoms with Gasteiger partial charge in [0.25, 0.3) is 0 Å². The van der Waals surface area contributed by atoms with Gasteiger partial charge in [-0.25, -0.2) is 9.78 Å². The maximum atomic E-state index is 10.8. The van der Waals surface area contributed by atoms with Crippen LogP contribution in [0.25, 0.3) is 0 Å². The molecule has 0 unspecified atom stereocenters. The molecule has 0 saturated carbocycles. The lowest BCUT2D eigenvalue weighted by molar-refractivity contribution is 0.179. The predicted octanol–water partition coefficient (Wildman–Crippen LogP) is 0.436. The van der Waals surface area contributed by atoms with Crippen LogP contribution >= 0.6 is 11.5 Å². The van der Waals surface area contributed by atoms with Gasteiger partial charge < -0.3 is 10.1 Å². The van der Waals surface area contributed by atoms with Crippen LogP contribution in [0.15, 0.2) is 0 Å². The molecule has 0 aliphatic carbocycles. The van der Waals surface area contributed by atoms with Gasteiger partial charge in [0.15, 0.2) is 5.82 Å². The summed E-state index contributed by atoms with van der Waals surface area (Å²) in [7, 11) is 3.10. The van der Waals surface area contributed by atoms with Crippen molar-refractivity contribution in [2.24, 2.45) is 0 Å². The van der Waals surface area contributed by atoms with Crippen molar-refractivity contribution in [3.63, 3.8) is 0 Å². The SMILES string of the molecule is CNC(=O)Nc1nc(COC)ns1. The van der Waals surface area contributed by atoms with Gasteiger partial charge in [-0.1, -0.05) is 0 Å². The Morgan fingerprint density at radius 3 is 3.08 bits per heavy atom. The van der Waals surface area contributed by atoms with E-state index in [9.17, 15) is 4.79 Å². The fourth-order valence-corrected chi connectivity index (χ4v) is 1.22. The van der Waals surface area contributed by atoms with Gasteiger partial charge in [0.2, 0.25) is 5.13 Å². The van der Waals surface area contributed by atoms with E-state index in [4.69, 9.17) is 4.74 Å². The fourth-order valence-electron chi connectivity index (χ4n) is 0.652. The molecule has 13 heavy (non-hydrogen) atoms. The minimum Gasteiger partial charge on any atom is -0.377 e. The van der Waals surface area contributed by atoms with Crippen molar-refractivity contribution in [3.8, 4) is 0 Å². The molecule has 1 aromatic heterocycles. The second kappa shape index (κ2) is 4.73. The number of methoxy groups -OCH3 is 1. The number of nitrogens with one attached hydrogen (secondary N) is 2. The summed E-state index contributed by atoms with van der Waals surface area (Å²) in [5, 5.41) is 5.39. The summed E-state index contributed by atoms with van der Waals surface area (Å²) in [6.45, 7) is 0.353. The molecule has 0 saturated heterocycles. The highest BCUT2D eigenvalue weighted by atomic mass is 32.1. The largest absolute Gasteiger partial charge is 0.377 e. The van der Waals surface area contributed by atoms with Gasteiger partial charge in [0.05, 0.1) is 0 Å². The first-order chi connectivity index (χ1) is 6.26. The highest BCUT2D eigenvalue weighted by molar-refractivity contribution is 7.09. The number of carbonyl (C=O) groups excluding carboxylic acids is 1. The lowest BCUT2D eigenvalue weighted by Crippen LogP contribution is -2.24. The number of hydrogen-bond donors (Lipinski definition) is 2. The average Bonchev–Trinajstić information content (AvgIpc) is 2.53. The van der Waals surface area contributed by atoms with Crippen LogP contribution in [0.3, 0.4) is 0 Å². The molecule has 2 N–H and O–H groups in total. The van der Waals surface area contributed by atoms with Crippen molar-refractivity contribution in [1.29, 1.82) is 0 Å². The Labute approximate surface area is 79.5 Å². The van der Waals surface area contributed by atoms with Crippen molar-refractivity contribution in [2.45, 2.75) is 6.61 Å². The molecule has 0 fully saturated rings. The molecular weight excluding hydrogens is 192 g/mol. The number of aromatic nitrogens is 2. The summed E-state index contributed by atoms with van der Waals surface area (Å²) in [5.41, 5.74) is 0. The van der Waals surface area contributed by atoms with Gasteiger partial charge in [-0.15, -0.1) is 0 Å². The number of amides is 2. The Hall–Kier alpha value is -1.21. The van der Waals surface area contributed by atoms with E-state index >= 15 is 0 Å². The lowest BCUT2D eigenvalue weighted by Gasteiger charge is -1.96. The maximum absolute atomic E-state index is 10.8. The zero-order valence-electron chi connectivity index (χ0n) is 7.33. The average molecular weight is 202 g/mol. The van der Waals surface area contributed by atoms with E-state index in [0.29, 0.717) is 17.6 Å². The Balaban J connectivity index is 2.53. The lowest BCUT2D eigenvalue weighted by atomic mass is 10.7. The number of ether oxygens (including phenoxy) is 1. The first-order valence-corrected chi connectivity index (χ1v) is 4.34. The van der Waals surface area contributed by atoms with Crippen LogP contribution < -0.4 is 10.6 Å². The molecule has 0 aliphatic heterocycles. The summed E-state index contributed by atoms with van der Waals surface area (Å²) < 4.78 is 8.78. The minimum absolute atomic E-state index is 0.305. The molecule has 0 radical (unpaired) electrons. The monoisotopic (exact) mass is 202 g/mol. The van der Waals surface area contributed by atoms with E-state index in [-0.39, 0.29) is 6.03 Å². The molecule has 7 heteroatoms. The van der Waals surface area contributed by atoms with Crippen LogP contribution in [-0.4, -0.2) is 29.5 Å². The third-order valence-corrected chi connectivity index (χ3v) is 1.86. The van der Waals surface area contributed by atoms with Gasteiger partial charge in [-0.05, 0) is 0 Å². The van der Waals surface area contributed by atoms with Crippen molar-refractivity contribution < 1.29 is 9.53 Å². The molecule has 0 aliphatic rings. The van der Waals surface area contributed by atoms with Crippen molar-refractivity contribution in [3.05, 3.63) is 5.82 Å². The van der Waals surface area contributed by atoms with Crippen LogP contribution in [0, 0.1) is 0 Å². The van der Waals surface area contributed by atoms with Crippen molar-refractivity contribution in [1.82, 2.24) is 14.7 Å².